The fourth-order valence-electron chi connectivity index (χ4n) is 5.32. The number of thiophene rings is 1. The van der Waals surface area contributed by atoms with Crippen LogP contribution in [0.25, 0.3) is 11.0 Å². The van der Waals surface area contributed by atoms with Crippen molar-refractivity contribution in [1.29, 1.82) is 0 Å². The Hall–Kier alpha value is -2.50. The molecule has 2 aliphatic rings. The van der Waals surface area contributed by atoms with Gasteiger partial charge in [-0.3, -0.25) is 18.7 Å². The molecule has 0 aromatic carbocycles. The summed E-state index contributed by atoms with van der Waals surface area (Å²) in [4.78, 5) is 44.9. The Bertz CT molecular complexity index is 1340. The van der Waals surface area contributed by atoms with Crippen molar-refractivity contribution >= 4 is 40.0 Å². The summed E-state index contributed by atoms with van der Waals surface area (Å²) < 4.78 is 17.0. The van der Waals surface area contributed by atoms with Gasteiger partial charge in [-0.1, -0.05) is 6.07 Å². The van der Waals surface area contributed by atoms with Crippen LogP contribution in [0.4, 0.5) is 4.39 Å². The summed E-state index contributed by atoms with van der Waals surface area (Å²) in [6.07, 6.45) is 5.57. The standard InChI is InChI=1S/C25H30FN5O3S2/c26-15-12-20-22(28-14-15)30(18-7-10-35-11-8-18)25(34)31(24(20)33)17-5-3-16(4-6-17)29-23(32)21(27)13-19-2-1-9-36-19/h1-2,9,12,14,16-18,21H,3-8,10-11,13,27H2,(H,29,32)/t16?,17?,21-/m0/s1. The van der Waals surface area contributed by atoms with Crippen LogP contribution in [0.2, 0.25) is 0 Å². The fourth-order valence-corrected chi connectivity index (χ4v) is 7.17. The topological polar surface area (TPSA) is 112 Å². The van der Waals surface area contributed by atoms with E-state index in [1.54, 1.807) is 15.9 Å². The van der Waals surface area contributed by atoms with Gasteiger partial charge >= 0.3 is 5.69 Å². The van der Waals surface area contributed by atoms with Crippen molar-refractivity contribution in [1.82, 2.24) is 19.4 Å². The van der Waals surface area contributed by atoms with Crippen LogP contribution in [-0.2, 0) is 11.2 Å². The van der Waals surface area contributed by atoms with E-state index in [1.807, 2.05) is 29.3 Å². The highest BCUT2D eigenvalue weighted by molar-refractivity contribution is 7.99. The molecule has 4 heterocycles. The van der Waals surface area contributed by atoms with Crippen molar-refractivity contribution in [3.8, 4) is 0 Å². The Labute approximate surface area is 216 Å². The second kappa shape index (κ2) is 10.9. The number of pyridine rings is 1. The van der Waals surface area contributed by atoms with Crippen LogP contribution in [0, 0.1) is 5.82 Å². The van der Waals surface area contributed by atoms with Gasteiger partial charge in [0.15, 0.2) is 0 Å². The third kappa shape index (κ3) is 5.14. The summed E-state index contributed by atoms with van der Waals surface area (Å²) in [7, 11) is 0. The molecule has 3 aromatic heterocycles. The Morgan fingerprint density at radius 1 is 1.14 bits per heavy atom. The molecule has 1 amide bonds. The quantitative estimate of drug-likeness (QED) is 0.506. The highest BCUT2D eigenvalue weighted by Gasteiger charge is 2.30. The maximum absolute atomic E-state index is 14.1. The number of hydrogen-bond acceptors (Lipinski definition) is 7. The van der Waals surface area contributed by atoms with Gasteiger partial charge in [0.05, 0.1) is 17.6 Å². The van der Waals surface area contributed by atoms with Gasteiger partial charge in [0.25, 0.3) is 5.56 Å². The molecule has 3 aromatic rings. The summed E-state index contributed by atoms with van der Waals surface area (Å²) in [6, 6.07) is 4.04. The van der Waals surface area contributed by atoms with E-state index < -0.39 is 17.4 Å². The van der Waals surface area contributed by atoms with Crippen LogP contribution >= 0.6 is 23.1 Å². The van der Waals surface area contributed by atoms with Gasteiger partial charge in [-0.25, -0.2) is 14.2 Å². The van der Waals surface area contributed by atoms with Crippen molar-refractivity contribution in [3.63, 3.8) is 0 Å². The fraction of sp³-hybridized carbons (Fsp3) is 0.520. The number of hydrogen-bond donors (Lipinski definition) is 2. The van der Waals surface area contributed by atoms with Gasteiger partial charge in [-0.15, -0.1) is 11.3 Å². The van der Waals surface area contributed by atoms with E-state index >= 15 is 0 Å². The molecule has 1 saturated carbocycles. The Morgan fingerprint density at radius 2 is 1.86 bits per heavy atom. The minimum atomic E-state index is -0.618. The predicted octanol–water partition coefficient (Wildman–Crippen LogP) is 3.00. The van der Waals surface area contributed by atoms with Gasteiger partial charge in [0.2, 0.25) is 5.91 Å². The van der Waals surface area contributed by atoms with E-state index in [0.717, 1.165) is 35.4 Å². The number of aromatic nitrogens is 3. The molecule has 5 rings (SSSR count). The van der Waals surface area contributed by atoms with Crippen molar-refractivity contribution in [2.24, 2.45) is 5.73 Å². The van der Waals surface area contributed by atoms with Crippen molar-refractivity contribution < 1.29 is 9.18 Å². The third-order valence-corrected chi connectivity index (χ3v) is 9.17. The van der Waals surface area contributed by atoms with Gasteiger partial charge in [0, 0.05) is 29.4 Å². The second-order valence-electron chi connectivity index (χ2n) is 9.60. The van der Waals surface area contributed by atoms with E-state index in [-0.39, 0.29) is 40.8 Å². The van der Waals surface area contributed by atoms with E-state index in [9.17, 15) is 18.8 Å². The molecule has 0 unspecified atom stereocenters. The van der Waals surface area contributed by atoms with Gasteiger partial charge in [-0.2, -0.15) is 11.8 Å². The largest absolute Gasteiger partial charge is 0.352 e. The van der Waals surface area contributed by atoms with Crippen LogP contribution in [0.3, 0.4) is 0 Å². The summed E-state index contributed by atoms with van der Waals surface area (Å²) >= 11 is 3.42. The molecule has 0 bridgehead atoms. The average molecular weight is 532 g/mol. The molecule has 0 spiro atoms. The van der Waals surface area contributed by atoms with Crippen molar-refractivity contribution in [2.45, 2.75) is 69.1 Å². The molecule has 11 heteroatoms. The summed E-state index contributed by atoms with van der Waals surface area (Å²) in [5, 5.41) is 5.14. The number of rotatable bonds is 6. The lowest BCUT2D eigenvalue weighted by atomic mass is 9.90. The molecule has 36 heavy (non-hydrogen) atoms. The molecule has 3 N–H and O–H groups in total. The molecule has 2 fully saturated rings. The molecule has 0 radical (unpaired) electrons. The Balaban J connectivity index is 1.35. The molecular formula is C25H30FN5O3S2. The first-order chi connectivity index (χ1) is 17.4. The normalized spacial score (nSPS) is 21.9. The predicted molar refractivity (Wildman–Crippen MR) is 141 cm³/mol. The number of halogens is 1. The lowest BCUT2D eigenvalue weighted by Gasteiger charge is -2.32. The molecule has 8 nitrogen and oxygen atoms in total. The third-order valence-electron chi connectivity index (χ3n) is 7.23. The second-order valence-corrected chi connectivity index (χ2v) is 11.9. The zero-order valence-electron chi connectivity index (χ0n) is 19.9. The van der Waals surface area contributed by atoms with Crippen LogP contribution in [0.5, 0.6) is 0 Å². The van der Waals surface area contributed by atoms with Crippen LogP contribution in [0.1, 0.15) is 55.5 Å². The first-order valence-electron chi connectivity index (χ1n) is 12.4. The smallest absolute Gasteiger partial charge is 0.333 e. The van der Waals surface area contributed by atoms with E-state index in [0.29, 0.717) is 32.1 Å². The molecule has 1 aliphatic carbocycles. The zero-order chi connectivity index (χ0) is 25.2. The Kier molecular flexibility index (Phi) is 7.59. The monoisotopic (exact) mass is 531 g/mol. The lowest BCUT2D eigenvalue weighted by Crippen LogP contribution is -2.49. The molecule has 1 saturated heterocycles. The number of fused-ring (bicyclic) bond motifs is 1. The molecule has 1 atom stereocenters. The number of carbonyl (C=O) groups is 1. The minimum Gasteiger partial charge on any atom is -0.352 e. The summed E-state index contributed by atoms with van der Waals surface area (Å²) in [5.41, 5.74) is 5.51. The first-order valence-corrected chi connectivity index (χ1v) is 14.4. The SMILES string of the molecule is N[C@@H](Cc1cccs1)C(=O)NC1CCC(n2c(=O)c3cc(F)cnc3n(C3CCSCC3)c2=O)CC1. The minimum absolute atomic E-state index is 0.0593. The highest BCUT2D eigenvalue weighted by Crippen LogP contribution is 2.30. The number of nitrogens with one attached hydrogen (secondary N) is 1. The number of carbonyl (C=O) groups excluding carboxylic acids is 1. The molecular weight excluding hydrogens is 501 g/mol. The highest BCUT2D eigenvalue weighted by atomic mass is 32.2. The van der Waals surface area contributed by atoms with Crippen LogP contribution in [-0.4, -0.2) is 43.6 Å². The van der Waals surface area contributed by atoms with E-state index in [1.165, 1.54) is 10.6 Å². The Morgan fingerprint density at radius 3 is 2.56 bits per heavy atom. The lowest BCUT2D eigenvalue weighted by molar-refractivity contribution is -0.123. The summed E-state index contributed by atoms with van der Waals surface area (Å²) in [5.74, 6) is 1.08. The number of nitrogens with zero attached hydrogens (tertiary/aromatic N) is 3. The maximum Gasteiger partial charge on any atom is 0.333 e. The number of nitrogens with two attached hydrogens (primary N) is 1. The van der Waals surface area contributed by atoms with Gasteiger partial charge in [0.1, 0.15) is 11.5 Å². The van der Waals surface area contributed by atoms with E-state index in [2.05, 4.69) is 10.3 Å². The van der Waals surface area contributed by atoms with Gasteiger partial charge in [-0.05, 0) is 67.5 Å². The van der Waals surface area contributed by atoms with E-state index in [4.69, 9.17) is 5.73 Å². The molecule has 1 aliphatic heterocycles. The maximum atomic E-state index is 14.1. The first kappa shape index (κ1) is 25.2. The molecule has 192 valence electrons. The zero-order valence-corrected chi connectivity index (χ0v) is 21.5. The van der Waals surface area contributed by atoms with Crippen LogP contribution in [0.15, 0.2) is 39.4 Å². The van der Waals surface area contributed by atoms with Crippen LogP contribution < -0.4 is 22.3 Å². The average Bonchev–Trinajstić information content (AvgIpc) is 3.39. The number of thioether (sulfide) groups is 1. The number of amides is 1. The summed E-state index contributed by atoms with van der Waals surface area (Å²) in [6.45, 7) is 0. The van der Waals surface area contributed by atoms with Gasteiger partial charge < -0.3 is 11.1 Å². The van der Waals surface area contributed by atoms with Crippen molar-refractivity contribution in [3.05, 3.63) is 61.3 Å². The van der Waals surface area contributed by atoms with Crippen molar-refractivity contribution in [2.75, 3.05) is 11.5 Å².